The van der Waals surface area contributed by atoms with Crippen molar-refractivity contribution in [3.8, 4) is 0 Å². The highest BCUT2D eigenvalue weighted by molar-refractivity contribution is 7.11. The summed E-state index contributed by atoms with van der Waals surface area (Å²) >= 11 is 1.75. The van der Waals surface area contributed by atoms with Crippen molar-refractivity contribution < 1.29 is 0 Å². The summed E-state index contributed by atoms with van der Waals surface area (Å²) in [6.45, 7) is 6.64. The number of aromatic amines is 1. The number of hydrogen-bond donors (Lipinski definition) is 2. The maximum Gasteiger partial charge on any atom is 0.290 e. The van der Waals surface area contributed by atoms with Crippen LogP contribution in [0.1, 0.15) is 28.4 Å². The van der Waals surface area contributed by atoms with Crippen LogP contribution in [-0.2, 0) is 6.54 Å². The number of piperidine rings is 1. The number of nitrogens with one attached hydrogen (secondary N) is 2. The molecule has 0 bridgehead atoms. The van der Waals surface area contributed by atoms with E-state index in [4.69, 9.17) is 0 Å². The molecular formula is C15H21N5OS. The van der Waals surface area contributed by atoms with E-state index in [1.807, 2.05) is 6.92 Å². The second kappa shape index (κ2) is 6.58. The Morgan fingerprint density at radius 2 is 2.36 bits per heavy atom. The fourth-order valence-corrected chi connectivity index (χ4v) is 3.77. The van der Waals surface area contributed by atoms with Gasteiger partial charge in [0.15, 0.2) is 5.82 Å². The Bertz CT molecular complexity index is 695. The van der Waals surface area contributed by atoms with Gasteiger partial charge < -0.3 is 15.2 Å². The first-order valence-corrected chi connectivity index (χ1v) is 8.40. The van der Waals surface area contributed by atoms with Gasteiger partial charge in [-0.25, -0.2) is 9.97 Å². The Morgan fingerprint density at radius 3 is 3.09 bits per heavy atom. The zero-order chi connectivity index (χ0) is 15.5. The van der Waals surface area contributed by atoms with Crippen molar-refractivity contribution in [2.75, 3.05) is 18.0 Å². The number of hydrogen-bond acceptors (Lipinski definition) is 6. The Hall–Kier alpha value is -1.73. The summed E-state index contributed by atoms with van der Waals surface area (Å²) in [6.07, 6.45) is 5.39. The summed E-state index contributed by atoms with van der Waals surface area (Å²) in [7, 11) is 0. The van der Waals surface area contributed by atoms with E-state index >= 15 is 0 Å². The minimum Gasteiger partial charge on any atom is -0.350 e. The van der Waals surface area contributed by atoms with E-state index in [0.29, 0.717) is 11.9 Å². The summed E-state index contributed by atoms with van der Waals surface area (Å²) < 4.78 is 0. The number of anilines is 1. The quantitative estimate of drug-likeness (QED) is 0.895. The average Bonchev–Trinajstić information content (AvgIpc) is 2.84. The lowest BCUT2D eigenvalue weighted by molar-refractivity contribution is 0.420. The van der Waals surface area contributed by atoms with Crippen molar-refractivity contribution in [2.24, 2.45) is 0 Å². The van der Waals surface area contributed by atoms with Gasteiger partial charge in [-0.15, -0.1) is 11.3 Å². The van der Waals surface area contributed by atoms with Gasteiger partial charge in [0.25, 0.3) is 5.56 Å². The maximum atomic E-state index is 11.9. The zero-order valence-corrected chi connectivity index (χ0v) is 13.7. The summed E-state index contributed by atoms with van der Waals surface area (Å²) in [5, 5.41) is 4.71. The van der Waals surface area contributed by atoms with Crippen LogP contribution in [0.5, 0.6) is 0 Å². The highest BCUT2D eigenvalue weighted by atomic mass is 32.1. The predicted molar refractivity (Wildman–Crippen MR) is 88.5 cm³/mol. The zero-order valence-electron chi connectivity index (χ0n) is 12.9. The van der Waals surface area contributed by atoms with E-state index in [-0.39, 0.29) is 5.56 Å². The highest BCUT2D eigenvalue weighted by Crippen LogP contribution is 2.19. The molecule has 0 radical (unpaired) electrons. The molecule has 6 nitrogen and oxygen atoms in total. The van der Waals surface area contributed by atoms with Crippen LogP contribution in [0.25, 0.3) is 0 Å². The van der Waals surface area contributed by atoms with Crippen LogP contribution >= 0.6 is 11.3 Å². The lowest BCUT2D eigenvalue weighted by Crippen LogP contribution is -2.47. The summed E-state index contributed by atoms with van der Waals surface area (Å²) in [4.78, 5) is 26.6. The number of aromatic nitrogens is 3. The van der Waals surface area contributed by atoms with Crippen LogP contribution in [-0.4, -0.2) is 34.1 Å². The van der Waals surface area contributed by atoms with Crippen molar-refractivity contribution in [3.63, 3.8) is 0 Å². The normalized spacial score (nSPS) is 18.6. The number of thiazole rings is 1. The standard InChI is InChI=1S/C15H21N5OS/c1-10-13(22-11(2)19-10)8-18-12-4-3-7-20(9-12)14-15(21)17-6-5-16-14/h5-6,12,18H,3-4,7-9H2,1-2H3,(H,17,21)/t12-/m1/s1. The Morgan fingerprint density at radius 1 is 1.50 bits per heavy atom. The average molecular weight is 319 g/mol. The monoisotopic (exact) mass is 319 g/mol. The first-order valence-electron chi connectivity index (χ1n) is 7.58. The van der Waals surface area contributed by atoms with Crippen LogP contribution in [0.4, 0.5) is 5.82 Å². The lowest BCUT2D eigenvalue weighted by atomic mass is 10.1. The SMILES string of the molecule is Cc1nc(C)c(CN[C@@H]2CCCN(c3ncc[nH]c3=O)C2)s1. The molecule has 22 heavy (non-hydrogen) atoms. The molecule has 118 valence electrons. The Balaban J connectivity index is 1.62. The molecule has 1 aliphatic heterocycles. The molecule has 0 aromatic carbocycles. The first kappa shape index (κ1) is 15.2. The second-order valence-corrected chi connectivity index (χ2v) is 6.94. The number of nitrogens with zero attached hydrogens (tertiary/aromatic N) is 3. The molecule has 2 aromatic rings. The van der Waals surface area contributed by atoms with Gasteiger partial charge in [-0.1, -0.05) is 0 Å². The largest absolute Gasteiger partial charge is 0.350 e. The fraction of sp³-hybridized carbons (Fsp3) is 0.533. The van der Waals surface area contributed by atoms with E-state index < -0.39 is 0 Å². The summed E-state index contributed by atoms with van der Waals surface area (Å²) in [6, 6.07) is 0.372. The van der Waals surface area contributed by atoms with Gasteiger partial charge in [0, 0.05) is 42.9 Å². The van der Waals surface area contributed by atoms with Crippen LogP contribution in [0.2, 0.25) is 0 Å². The highest BCUT2D eigenvalue weighted by Gasteiger charge is 2.22. The molecular weight excluding hydrogens is 298 g/mol. The molecule has 0 saturated carbocycles. The third-order valence-corrected chi connectivity index (χ3v) is 5.03. The van der Waals surface area contributed by atoms with Crippen LogP contribution in [0.15, 0.2) is 17.2 Å². The minimum absolute atomic E-state index is 0.114. The smallest absolute Gasteiger partial charge is 0.290 e. The van der Waals surface area contributed by atoms with Crippen LogP contribution in [0.3, 0.4) is 0 Å². The summed E-state index contributed by atoms with van der Waals surface area (Å²) in [5.74, 6) is 0.527. The van der Waals surface area contributed by atoms with Gasteiger partial charge in [0.2, 0.25) is 0 Å². The molecule has 2 N–H and O–H groups in total. The number of aryl methyl sites for hydroxylation is 2. The van der Waals surface area contributed by atoms with E-state index in [2.05, 4.69) is 32.1 Å². The molecule has 0 aliphatic carbocycles. The van der Waals surface area contributed by atoms with Crippen molar-refractivity contribution in [1.82, 2.24) is 20.3 Å². The van der Waals surface area contributed by atoms with Crippen molar-refractivity contribution in [1.29, 1.82) is 0 Å². The number of H-pyrrole nitrogens is 1. The van der Waals surface area contributed by atoms with Gasteiger partial charge in [-0.3, -0.25) is 4.79 Å². The third kappa shape index (κ3) is 3.36. The van der Waals surface area contributed by atoms with Crippen LogP contribution in [0, 0.1) is 13.8 Å². The molecule has 1 atom stereocenters. The fourth-order valence-electron chi connectivity index (χ4n) is 2.88. The Kier molecular flexibility index (Phi) is 4.54. The van der Waals surface area contributed by atoms with Crippen molar-refractivity contribution in [2.45, 2.75) is 39.3 Å². The summed E-state index contributed by atoms with van der Waals surface area (Å²) in [5.41, 5.74) is 1.00. The molecule has 0 amide bonds. The van der Waals surface area contributed by atoms with E-state index in [9.17, 15) is 4.79 Å². The first-order chi connectivity index (χ1) is 10.6. The molecule has 7 heteroatoms. The lowest BCUT2D eigenvalue weighted by Gasteiger charge is -2.33. The van der Waals surface area contributed by atoms with Gasteiger partial charge in [0.05, 0.1) is 10.7 Å². The van der Waals surface area contributed by atoms with E-state index in [1.165, 1.54) is 4.88 Å². The molecule has 2 aromatic heterocycles. The van der Waals surface area contributed by atoms with E-state index in [1.54, 1.807) is 23.7 Å². The number of rotatable bonds is 4. The predicted octanol–water partition coefficient (Wildman–Crippen LogP) is 1.60. The van der Waals surface area contributed by atoms with Gasteiger partial charge in [-0.05, 0) is 26.7 Å². The van der Waals surface area contributed by atoms with E-state index in [0.717, 1.165) is 43.2 Å². The molecule has 1 saturated heterocycles. The third-order valence-electron chi connectivity index (χ3n) is 3.96. The Labute approximate surface area is 133 Å². The minimum atomic E-state index is -0.114. The van der Waals surface area contributed by atoms with Gasteiger partial charge in [-0.2, -0.15) is 0 Å². The molecule has 0 spiro atoms. The van der Waals surface area contributed by atoms with Crippen molar-refractivity contribution >= 4 is 17.2 Å². The maximum absolute atomic E-state index is 11.9. The molecule has 3 rings (SSSR count). The van der Waals surface area contributed by atoms with Crippen molar-refractivity contribution in [3.05, 3.63) is 38.3 Å². The topological polar surface area (TPSA) is 73.9 Å². The molecule has 0 unspecified atom stereocenters. The van der Waals surface area contributed by atoms with Crippen LogP contribution < -0.4 is 15.8 Å². The molecule has 1 aliphatic rings. The molecule has 3 heterocycles. The molecule has 1 fully saturated rings. The second-order valence-electron chi connectivity index (χ2n) is 5.65. The van der Waals surface area contributed by atoms with Gasteiger partial charge in [0.1, 0.15) is 0 Å². The van der Waals surface area contributed by atoms with Gasteiger partial charge >= 0.3 is 0 Å².